The van der Waals surface area contributed by atoms with E-state index in [-0.39, 0.29) is 5.91 Å². The Morgan fingerprint density at radius 3 is 2.79 bits per heavy atom. The largest absolute Gasteiger partial charge is 0.369 e. The highest BCUT2D eigenvalue weighted by molar-refractivity contribution is 5.90. The smallest absolute Gasteiger partial charge is 0.267 e. The number of nitrogens with zero attached hydrogens (tertiary/aromatic N) is 3. The van der Waals surface area contributed by atoms with Crippen LogP contribution in [0.1, 0.15) is 23.2 Å². The third-order valence-electron chi connectivity index (χ3n) is 5.20. The van der Waals surface area contributed by atoms with Gasteiger partial charge in [-0.1, -0.05) is 30.0 Å². The van der Waals surface area contributed by atoms with Crippen LogP contribution in [-0.4, -0.2) is 45.1 Å². The first-order chi connectivity index (χ1) is 13.4. The van der Waals surface area contributed by atoms with Crippen molar-refractivity contribution in [3.8, 4) is 23.1 Å². The molecule has 28 heavy (non-hydrogen) atoms. The third-order valence-corrected chi connectivity index (χ3v) is 5.20. The summed E-state index contributed by atoms with van der Waals surface area (Å²) in [5, 5.41) is 11.6. The molecule has 1 saturated heterocycles. The maximum atomic E-state index is 12.1. The lowest BCUT2D eigenvalue weighted by Crippen LogP contribution is -2.37. The van der Waals surface area contributed by atoms with Gasteiger partial charge in [-0.25, -0.2) is 4.98 Å². The molecule has 0 radical (unpaired) electrons. The second-order valence-corrected chi connectivity index (χ2v) is 7.29. The van der Waals surface area contributed by atoms with Gasteiger partial charge in [0, 0.05) is 42.7 Å². The van der Waals surface area contributed by atoms with Gasteiger partial charge in [0.2, 0.25) is 5.60 Å². The topological polar surface area (TPSA) is 66.3 Å². The molecule has 0 spiro atoms. The quantitative estimate of drug-likeness (QED) is 0.668. The van der Waals surface area contributed by atoms with Crippen molar-refractivity contribution >= 4 is 16.8 Å². The average Bonchev–Trinajstić information content (AvgIpc) is 2.97. The number of amides is 1. The van der Waals surface area contributed by atoms with Crippen LogP contribution in [0.25, 0.3) is 22.2 Å². The maximum absolute atomic E-state index is 12.1. The summed E-state index contributed by atoms with van der Waals surface area (Å²) in [5.41, 5.74) is 3.78. The predicted molar refractivity (Wildman–Crippen MR) is 109 cm³/mol. The van der Waals surface area contributed by atoms with Crippen LogP contribution in [0.2, 0.25) is 0 Å². The molecular weight excluding hydrogens is 350 g/mol. The summed E-state index contributed by atoms with van der Waals surface area (Å²) in [6.45, 7) is 4.49. The first-order valence-corrected chi connectivity index (χ1v) is 9.22. The molecule has 1 unspecified atom stereocenters. The number of aliphatic hydroxyl groups is 1. The summed E-state index contributed by atoms with van der Waals surface area (Å²) in [5.74, 6) is 5.38. The van der Waals surface area contributed by atoms with Gasteiger partial charge in [-0.15, -0.1) is 0 Å². The van der Waals surface area contributed by atoms with Crippen molar-refractivity contribution < 1.29 is 9.90 Å². The molecule has 3 aromatic rings. The number of aromatic nitrogens is 2. The number of rotatable bonds is 1. The Morgan fingerprint density at radius 2 is 2.04 bits per heavy atom. The molecule has 1 atom stereocenters. The van der Waals surface area contributed by atoms with Gasteiger partial charge >= 0.3 is 0 Å². The Hall–Kier alpha value is -3.23. The van der Waals surface area contributed by atoms with Crippen molar-refractivity contribution in [3.05, 3.63) is 59.4 Å². The fraction of sp³-hybridized carbons (Fsp3) is 0.261. The second-order valence-electron chi connectivity index (χ2n) is 7.29. The zero-order chi connectivity index (χ0) is 19.9. The number of hydrogen-bond acceptors (Lipinski definition) is 4. The van der Waals surface area contributed by atoms with Crippen molar-refractivity contribution in [2.45, 2.75) is 25.9 Å². The van der Waals surface area contributed by atoms with Crippen LogP contribution in [0.4, 0.5) is 0 Å². The summed E-state index contributed by atoms with van der Waals surface area (Å²) in [6.07, 6.45) is 2.19. The first kappa shape index (κ1) is 18.1. The number of carbonyl (C=O) groups excluding carboxylic acids is 1. The fourth-order valence-corrected chi connectivity index (χ4v) is 3.44. The molecule has 4 rings (SSSR count). The monoisotopic (exact) mass is 371 g/mol. The van der Waals surface area contributed by atoms with Crippen LogP contribution in [-0.2, 0) is 4.79 Å². The molecule has 0 saturated carbocycles. The highest BCUT2D eigenvalue weighted by Gasteiger charge is 2.42. The van der Waals surface area contributed by atoms with Gasteiger partial charge in [0.15, 0.2) is 0 Å². The first-order valence-electron chi connectivity index (χ1n) is 9.22. The Kier molecular flexibility index (Phi) is 4.37. The van der Waals surface area contributed by atoms with E-state index >= 15 is 0 Å². The zero-order valence-corrected chi connectivity index (χ0v) is 16.2. The van der Waals surface area contributed by atoms with E-state index < -0.39 is 5.60 Å². The lowest BCUT2D eigenvalue weighted by Gasteiger charge is -2.13. The molecule has 2 aromatic heterocycles. The molecule has 1 N–H and O–H groups in total. The van der Waals surface area contributed by atoms with Crippen molar-refractivity contribution in [1.29, 1.82) is 0 Å². The molecule has 1 aromatic carbocycles. The minimum atomic E-state index is -1.59. The third kappa shape index (κ3) is 3.12. The lowest BCUT2D eigenvalue weighted by molar-refractivity contribution is -0.137. The van der Waals surface area contributed by atoms with Crippen molar-refractivity contribution in [2.75, 3.05) is 13.6 Å². The molecule has 5 nitrogen and oxygen atoms in total. The average molecular weight is 371 g/mol. The van der Waals surface area contributed by atoms with Gasteiger partial charge in [-0.05, 0) is 37.6 Å². The number of hydrogen-bond donors (Lipinski definition) is 1. The minimum absolute atomic E-state index is 0.326. The fourth-order valence-electron chi connectivity index (χ4n) is 3.44. The van der Waals surface area contributed by atoms with Gasteiger partial charge in [0.05, 0.1) is 16.9 Å². The second kappa shape index (κ2) is 6.74. The van der Waals surface area contributed by atoms with Crippen molar-refractivity contribution in [2.24, 2.45) is 0 Å². The van der Waals surface area contributed by atoms with Gasteiger partial charge in [-0.2, -0.15) is 0 Å². The van der Waals surface area contributed by atoms with Gasteiger partial charge in [0.25, 0.3) is 5.91 Å². The Labute approximate surface area is 164 Å². The van der Waals surface area contributed by atoms with Crippen LogP contribution in [0.3, 0.4) is 0 Å². The zero-order valence-electron chi connectivity index (χ0n) is 16.2. The van der Waals surface area contributed by atoms with Crippen LogP contribution < -0.4 is 0 Å². The van der Waals surface area contributed by atoms with E-state index in [1.54, 1.807) is 7.05 Å². The number of fused-ring (bicyclic) bond motifs is 1. The lowest BCUT2D eigenvalue weighted by atomic mass is 10.0. The molecule has 140 valence electrons. The predicted octanol–water partition coefficient (Wildman–Crippen LogP) is 2.86. The Bertz CT molecular complexity index is 1160. The van der Waals surface area contributed by atoms with E-state index in [4.69, 9.17) is 4.98 Å². The molecular formula is C23H21N3O2. The molecule has 0 aliphatic carbocycles. The van der Waals surface area contributed by atoms with E-state index in [2.05, 4.69) is 22.9 Å². The van der Waals surface area contributed by atoms with Gasteiger partial charge in [-0.3, -0.25) is 9.78 Å². The van der Waals surface area contributed by atoms with Gasteiger partial charge in [0.1, 0.15) is 0 Å². The van der Waals surface area contributed by atoms with E-state index in [1.807, 2.05) is 50.4 Å². The molecule has 3 heterocycles. The summed E-state index contributed by atoms with van der Waals surface area (Å²) < 4.78 is 0. The Balaban J connectivity index is 1.71. The normalized spacial score (nSPS) is 19.0. The van der Waals surface area contributed by atoms with Crippen LogP contribution in [0.15, 0.2) is 42.6 Å². The number of likely N-dealkylation sites (tertiary alicyclic amines) is 1. The highest BCUT2D eigenvalue weighted by Crippen LogP contribution is 2.25. The summed E-state index contributed by atoms with van der Waals surface area (Å²) >= 11 is 0. The van der Waals surface area contributed by atoms with Gasteiger partial charge < -0.3 is 10.0 Å². The molecule has 1 fully saturated rings. The number of carbonyl (C=O) groups is 1. The standard InChI is InChI=1S/C23H21N3O2/c1-15-14-24-16(2)21-19(15)7-8-20(25-21)18-6-4-5-17(13-18)9-10-23(28)11-12-26(3)22(23)27/h4-8,13-14,28H,11-12H2,1-3H3. The van der Waals surface area contributed by atoms with E-state index in [0.717, 1.165) is 39.0 Å². The summed E-state index contributed by atoms with van der Waals surface area (Å²) in [6, 6.07) is 11.7. The van der Waals surface area contributed by atoms with Crippen LogP contribution in [0.5, 0.6) is 0 Å². The summed E-state index contributed by atoms with van der Waals surface area (Å²) in [4.78, 5) is 22.8. The number of aryl methyl sites for hydroxylation is 2. The van der Waals surface area contributed by atoms with Crippen molar-refractivity contribution in [3.63, 3.8) is 0 Å². The van der Waals surface area contributed by atoms with Crippen molar-refractivity contribution in [1.82, 2.24) is 14.9 Å². The van der Waals surface area contributed by atoms with E-state index in [1.165, 1.54) is 4.90 Å². The summed E-state index contributed by atoms with van der Waals surface area (Å²) in [7, 11) is 1.67. The number of benzene rings is 1. The maximum Gasteiger partial charge on any atom is 0.267 e. The SMILES string of the molecule is Cc1cnc(C)c2nc(-c3cccc(C#CC4(O)CCN(C)C4=O)c3)ccc12. The minimum Gasteiger partial charge on any atom is -0.369 e. The van der Waals surface area contributed by atoms with Crippen LogP contribution in [0, 0.1) is 25.7 Å². The number of pyridine rings is 2. The number of likely N-dealkylation sites (N-methyl/N-ethyl adjacent to an activating group) is 1. The molecule has 5 heteroatoms. The van der Waals surface area contributed by atoms with E-state index in [9.17, 15) is 9.90 Å². The molecule has 0 bridgehead atoms. The highest BCUT2D eigenvalue weighted by atomic mass is 16.3. The van der Waals surface area contributed by atoms with E-state index in [0.29, 0.717) is 13.0 Å². The van der Waals surface area contributed by atoms with Crippen LogP contribution >= 0.6 is 0 Å². The Morgan fingerprint density at radius 1 is 1.21 bits per heavy atom. The molecule has 1 aliphatic rings. The molecule has 1 amide bonds. The molecule has 1 aliphatic heterocycles.